The summed E-state index contributed by atoms with van der Waals surface area (Å²) in [6.45, 7) is 5.86. The lowest BCUT2D eigenvalue weighted by atomic mass is 9.89. The fraction of sp³-hybridized carbons (Fsp3) is 0.450. The summed E-state index contributed by atoms with van der Waals surface area (Å²) in [6, 6.07) is 0. The molecule has 0 aromatic carbocycles. The van der Waals surface area contributed by atoms with Gasteiger partial charge in [-0.15, -0.1) is 11.3 Å². The molecule has 0 saturated carbocycles. The smallest absolute Gasteiger partial charge is 0.319 e. The van der Waals surface area contributed by atoms with Crippen molar-refractivity contribution in [2.45, 2.75) is 51.5 Å². The Hall–Kier alpha value is -2.46. The van der Waals surface area contributed by atoms with Gasteiger partial charge < -0.3 is 10.3 Å². The Bertz CT molecular complexity index is 1240. The lowest BCUT2D eigenvalue weighted by Crippen LogP contribution is -2.29. The van der Waals surface area contributed by atoms with Gasteiger partial charge in [0.25, 0.3) is 5.56 Å². The number of aromatic nitrogens is 4. The highest BCUT2D eigenvalue weighted by atomic mass is 32.2. The average Bonchev–Trinajstić information content (AvgIpc) is 3.06. The summed E-state index contributed by atoms with van der Waals surface area (Å²) in [5, 5.41) is 4.50. The van der Waals surface area contributed by atoms with Crippen LogP contribution in [0.4, 0.5) is 5.69 Å². The Morgan fingerprint density at radius 1 is 1.30 bits per heavy atom. The lowest BCUT2D eigenvalue weighted by Gasteiger charge is -2.18. The first-order valence-electron chi connectivity index (χ1n) is 9.92. The van der Waals surface area contributed by atoms with Crippen LogP contribution in [0, 0.1) is 12.8 Å². The third-order valence-corrected chi connectivity index (χ3v) is 7.34. The summed E-state index contributed by atoms with van der Waals surface area (Å²) < 4.78 is 0. The number of aryl methyl sites for hydroxylation is 3. The third kappa shape index (κ3) is 4.06. The van der Waals surface area contributed by atoms with Crippen molar-refractivity contribution in [2.24, 2.45) is 5.92 Å². The molecule has 1 atom stereocenters. The Morgan fingerprint density at radius 3 is 2.83 bits per heavy atom. The van der Waals surface area contributed by atoms with Crippen molar-refractivity contribution in [3.63, 3.8) is 0 Å². The zero-order valence-electron chi connectivity index (χ0n) is 17.0. The SMILES string of the molecule is CCc1nc(SCC(=O)Nc2c(C)[nH]c(=O)[nH]c2=O)c2c3c(sc2n1)C[C@@H](C)CC3. The van der Waals surface area contributed by atoms with Crippen LogP contribution in [0.3, 0.4) is 0 Å². The monoisotopic (exact) mass is 445 g/mol. The summed E-state index contributed by atoms with van der Waals surface area (Å²) in [7, 11) is 0. The van der Waals surface area contributed by atoms with Crippen LogP contribution in [0.15, 0.2) is 14.6 Å². The van der Waals surface area contributed by atoms with E-state index in [-0.39, 0.29) is 17.3 Å². The number of hydrogen-bond donors (Lipinski definition) is 3. The molecule has 1 amide bonds. The number of carbonyl (C=O) groups excluding carboxylic acids is 1. The molecule has 10 heteroatoms. The maximum absolute atomic E-state index is 12.5. The topological polar surface area (TPSA) is 121 Å². The summed E-state index contributed by atoms with van der Waals surface area (Å²) in [5.74, 6) is 1.21. The molecule has 3 heterocycles. The van der Waals surface area contributed by atoms with Crippen LogP contribution in [0.2, 0.25) is 0 Å². The number of fused-ring (bicyclic) bond motifs is 3. The van der Waals surface area contributed by atoms with Gasteiger partial charge in [0.1, 0.15) is 21.4 Å². The molecule has 3 aromatic heterocycles. The van der Waals surface area contributed by atoms with Crippen LogP contribution in [0.5, 0.6) is 0 Å². The van der Waals surface area contributed by atoms with Crippen molar-refractivity contribution in [3.05, 3.63) is 42.8 Å². The second-order valence-electron chi connectivity index (χ2n) is 7.58. The van der Waals surface area contributed by atoms with E-state index in [1.54, 1.807) is 18.3 Å². The van der Waals surface area contributed by atoms with E-state index in [1.165, 1.54) is 22.2 Å². The Labute approximate surface area is 180 Å². The van der Waals surface area contributed by atoms with Crippen molar-refractivity contribution < 1.29 is 4.79 Å². The van der Waals surface area contributed by atoms with Gasteiger partial charge in [0.2, 0.25) is 5.91 Å². The highest BCUT2D eigenvalue weighted by Crippen LogP contribution is 2.41. The van der Waals surface area contributed by atoms with Crippen LogP contribution < -0.4 is 16.6 Å². The van der Waals surface area contributed by atoms with Gasteiger partial charge in [0.15, 0.2) is 0 Å². The number of nitrogens with zero attached hydrogens (tertiary/aromatic N) is 2. The molecule has 3 N–H and O–H groups in total. The van der Waals surface area contributed by atoms with E-state index >= 15 is 0 Å². The molecule has 3 aromatic rings. The molecule has 158 valence electrons. The number of anilines is 1. The van der Waals surface area contributed by atoms with E-state index in [0.29, 0.717) is 11.6 Å². The number of carbonyl (C=O) groups is 1. The molecular weight excluding hydrogens is 422 g/mol. The molecule has 0 unspecified atom stereocenters. The van der Waals surface area contributed by atoms with Crippen molar-refractivity contribution in [1.82, 2.24) is 19.9 Å². The predicted molar refractivity (Wildman–Crippen MR) is 120 cm³/mol. The van der Waals surface area contributed by atoms with Gasteiger partial charge in [0, 0.05) is 22.4 Å². The molecule has 0 aliphatic heterocycles. The van der Waals surface area contributed by atoms with E-state index in [0.717, 1.165) is 46.8 Å². The molecule has 0 fully saturated rings. The minimum absolute atomic E-state index is 0.0594. The lowest BCUT2D eigenvalue weighted by molar-refractivity contribution is -0.113. The standard InChI is InChI=1S/C20H23N5O3S2/c1-4-13-22-18(15-11-6-5-9(2)7-12(11)30-19(15)23-13)29-8-14(26)24-16-10(3)21-20(28)25-17(16)27/h9H,4-8H2,1-3H3,(H,24,26)(H2,21,25,27,28)/t9-/m0/s1. The molecule has 0 spiro atoms. The van der Waals surface area contributed by atoms with E-state index in [4.69, 9.17) is 9.97 Å². The molecule has 8 nitrogen and oxygen atoms in total. The molecule has 0 saturated heterocycles. The van der Waals surface area contributed by atoms with Gasteiger partial charge >= 0.3 is 5.69 Å². The van der Waals surface area contributed by atoms with E-state index in [1.807, 2.05) is 6.92 Å². The van der Waals surface area contributed by atoms with Crippen molar-refractivity contribution >= 4 is 44.9 Å². The summed E-state index contributed by atoms with van der Waals surface area (Å²) >= 11 is 3.10. The largest absolute Gasteiger partial charge is 0.326 e. The van der Waals surface area contributed by atoms with Crippen LogP contribution in [0.25, 0.3) is 10.2 Å². The normalized spacial score (nSPS) is 15.9. The van der Waals surface area contributed by atoms with Gasteiger partial charge in [-0.25, -0.2) is 14.8 Å². The maximum Gasteiger partial charge on any atom is 0.326 e. The van der Waals surface area contributed by atoms with Crippen LogP contribution >= 0.6 is 23.1 Å². The minimum atomic E-state index is -0.617. The summed E-state index contributed by atoms with van der Waals surface area (Å²) in [6.07, 6.45) is 3.95. The number of hydrogen-bond acceptors (Lipinski definition) is 7. The Kier molecular flexibility index (Phi) is 5.79. The summed E-state index contributed by atoms with van der Waals surface area (Å²) in [5.41, 5.74) is 0.488. The number of amides is 1. The number of thioether (sulfide) groups is 1. The molecule has 30 heavy (non-hydrogen) atoms. The molecule has 0 bridgehead atoms. The van der Waals surface area contributed by atoms with Gasteiger partial charge in [-0.1, -0.05) is 25.6 Å². The van der Waals surface area contributed by atoms with Crippen LogP contribution in [0.1, 0.15) is 42.2 Å². The second kappa shape index (κ2) is 8.35. The van der Waals surface area contributed by atoms with Gasteiger partial charge in [-0.2, -0.15) is 0 Å². The fourth-order valence-electron chi connectivity index (χ4n) is 3.67. The van der Waals surface area contributed by atoms with Gasteiger partial charge in [0.05, 0.1) is 5.75 Å². The highest BCUT2D eigenvalue weighted by molar-refractivity contribution is 8.00. The fourth-order valence-corrected chi connectivity index (χ4v) is 6.01. The number of H-pyrrole nitrogens is 2. The first-order chi connectivity index (χ1) is 14.4. The van der Waals surface area contributed by atoms with Crippen molar-refractivity contribution in [1.29, 1.82) is 0 Å². The zero-order chi connectivity index (χ0) is 21.4. The number of aromatic amines is 2. The summed E-state index contributed by atoms with van der Waals surface area (Å²) in [4.78, 5) is 52.2. The molecule has 1 aliphatic carbocycles. The number of rotatable bonds is 5. The zero-order valence-corrected chi connectivity index (χ0v) is 18.7. The highest BCUT2D eigenvalue weighted by Gasteiger charge is 2.24. The minimum Gasteiger partial charge on any atom is -0.319 e. The second-order valence-corrected chi connectivity index (χ2v) is 9.62. The van der Waals surface area contributed by atoms with E-state index in [2.05, 4.69) is 22.2 Å². The first-order valence-corrected chi connectivity index (χ1v) is 11.7. The maximum atomic E-state index is 12.5. The van der Waals surface area contributed by atoms with Gasteiger partial charge in [-0.05, 0) is 37.7 Å². The quantitative estimate of drug-likeness (QED) is 0.410. The van der Waals surface area contributed by atoms with E-state index in [9.17, 15) is 14.4 Å². The first kappa shape index (κ1) is 20.8. The number of nitrogens with one attached hydrogen (secondary N) is 3. The van der Waals surface area contributed by atoms with Gasteiger partial charge in [-0.3, -0.25) is 14.6 Å². The van der Waals surface area contributed by atoms with Crippen LogP contribution in [-0.2, 0) is 24.1 Å². The third-order valence-electron chi connectivity index (χ3n) is 5.22. The number of thiophene rings is 1. The van der Waals surface area contributed by atoms with Crippen molar-refractivity contribution in [3.8, 4) is 0 Å². The Balaban J connectivity index is 1.60. The van der Waals surface area contributed by atoms with Crippen LogP contribution in [-0.4, -0.2) is 31.6 Å². The average molecular weight is 446 g/mol. The van der Waals surface area contributed by atoms with Crippen molar-refractivity contribution in [2.75, 3.05) is 11.1 Å². The molecule has 1 aliphatic rings. The molecule has 4 rings (SSSR count). The predicted octanol–water partition coefficient (Wildman–Crippen LogP) is 2.79. The molecule has 0 radical (unpaired) electrons. The Morgan fingerprint density at radius 2 is 2.10 bits per heavy atom. The van der Waals surface area contributed by atoms with E-state index < -0.39 is 11.2 Å². The molecular formula is C20H23N5O3S2.